The number of benzene rings is 1. The molecule has 0 aliphatic rings. The Morgan fingerprint density at radius 2 is 1.85 bits per heavy atom. The van der Waals surface area contributed by atoms with Crippen molar-refractivity contribution >= 4 is 21.8 Å². The molecule has 1 aromatic rings. The molecule has 5 nitrogen and oxygen atoms in total. The van der Waals surface area contributed by atoms with Crippen molar-refractivity contribution in [2.75, 3.05) is 34.2 Å². The van der Waals surface area contributed by atoms with Crippen LogP contribution in [0.4, 0.5) is 0 Å². The van der Waals surface area contributed by atoms with E-state index in [0.717, 1.165) is 18.5 Å². The molecule has 0 amide bonds. The van der Waals surface area contributed by atoms with Crippen LogP contribution in [0.5, 0.6) is 0 Å². The van der Waals surface area contributed by atoms with Crippen LogP contribution >= 0.6 is 11.6 Å². The summed E-state index contributed by atoms with van der Waals surface area (Å²) in [5.74, 6) is 0. The van der Waals surface area contributed by atoms with E-state index in [-0.39, 0.29) is 6.54 Å². The quantitative estimate of drug-likeness (QED) is 0.740. The van der Waals surface area contributed by atoms with Gasteiger partial charge in [-0.2, -0.15) is 17.0 Å². The first-order valence-corrected chi connectivity index (χ1v) is 8.22. The van der Waals surface area contributed by atoms with E-state index in [1.54, 1.807) is 20.2 Å². The fraction of sp³-hybridized carbons (Fsp3) is 0.538. The minimum Gasteiger partial charge on any atom is -0.320 e. The van der Waals surface area contributed by atoms with Gasteiger partial charge in [0.1, 0.15) is 0 Å². The van der Waals surface area contributed by atoms with Crippen LogP contribution in [0.25, 0.3) is 0 Å². The van der Waals surface area contributed by atoms with Gasteiger partial charge in [-0.15, -0.1) is 0 Å². The van der Waals surface area contributed by atoms with Crippen molar-refractivity contribution in [3.8, 4) is 0 Å². The largest absolute Gasteiger partial charge is 0.320 e. The molecule has 0 bridgehead atoms. The van der Waals surface area contributed by atoms with Crippen LogP contribution in [0.1, 0.15) is 12.0 Å². The molecule has 0 radical (unpaired) electrons. The predicted octanol–water partition coefficient (Wildman–Crippen LogP) is 1.56. The van der Waals surface area contributed by atoms with Gasteiger partial charge >= 0.3 is 0 Å². The number of halogens is 1. The monoisotopic (exact) mass is 319 g/mol. The molecule has 0 aliphatic carbocycles. The smallest absolute Gasteiger partial charge is 0.281 e. The molecule has 1 rings (SSSR count). The predicted molar refractivity (Wildman–Crippen MR) is 83.0 cm³/mol. The maximum absolute atomic E-state index is 12.3. The summed E-state index contributed by atoms with van der Waals surface area (Å²) in [7, 11) is 1.55. The summed E-state index contributed by atoms with van der Waals surface area (Å²) in [4.78, 5) is 0. The lowest BCUT2D eigenvalue weighted by Crippen LogP contribution is -2.40. The Hall–Kier alpha value is -0.660. The van der Waals surface area contributed by atoms with Crippen LogP contribution in [-0.2, 0) is 16.8 Å². The molecule has 0 atom stereocenters. The van der Waals surface area contributed by atoms with Crippen molar-refractivity contribution in [1.82, 2.24) is 13.9 Å². The minimum atomic E-state index is -3.45. The molecular formula is C13H22ClN3O2S. The molecule has 0 fully saturated rings. The topological polar surface area (TPSA) is 52.7 Å². The molecule has 1 aromatic carbocycles. The first-order chi connectivity index (χ1) is 9.39. The van der Waals surface area contributed by atoms with Gasteiger partial charge < -0.3 is 5.32 Å². The van der Waals surface area contributed by atoms with Crippen molar-refractivity contribution in [3.63, 3.8) is 0 Å². The van der Waals surface area contributed by atoms with Crippen LogP contribution in [0.2, 0.25) is 5.02 Å². The van der Waals surface area contributed by atoms with Crippen molar-refractivity contribution in [1.29, 1.82) is 0 Å². The van der Waals surface area contributed by atoms with Crippen molar-refractivity contribution in [2.45, 2.75) is 13.0 Å². The van der Waals surface area contributed by atoms with Gasteiger partial charge in [-0.1, -0.05) is 29.8 Å². The highest BCUT2D eigenvalue weighted by Crippen LogP contribution is 2.18. The van der Waals surface area contributed by atoms with E-state index in [1.165, 1.54) is 8.61 Å². The van der Waals surface area contributed by atoms with Gasteiger partial charge in [0, 0.05) is 32.2 Å². The van der Waals surface area contributed by atoms with Gasteiger partial charge in [0.15, 0.2) is 0 Å². The van der Waals surface area contributed by atoms with E-state index in [9.17, 15) is 8.42 Å². The summed E-state index contributed by atoms with van der Waals surface area (Å²) in [5.41, 5.74) is 0.795. The van der Waals surface area contributed by atoms with Gasteiger partial charge in [0.05, 0.1) is 0 Å². The van der Waals surface area contributed by atoms with Crippen LogP contribution in [-0.4, -0.2) is 51.3 Å². The second-order valence-corrected chi connectivity index (χ2v) is 7.18. The summed E-state index contributed by atoms with van der Waals surface area (Å²) in [6, 6.07) is 7.26. The number of hydrogen-bond acceptors (Lipinski definition) is 3. The van der Waals surface area contributed by atoms with E-state index < -0.39 is 10.2 Å². The fourth-order valence-corrected chi connectivity index (χ4v) is 3.11. The summed E-state index contributed by atoms with van der Waals surface area (Å²) < 4.78 is 27.3. The van der Waals surface area contributed by atoms with Gasteiger partial charge in [-0.25, -0.2) is 0 Å². The van der Waals surface area contributed by atoms with E-state index in [4.69, 9.17) is 11.6 Å². The van der Waals surface area contributed by atoms with Crippen molar-refractivity contribution in [3.05, 3.63) is 34.9 Å². The Labute approximate surface area is 126 Å². The first-order valence-electron chi connectivity index (χ1n) is 6.45. The van der Waals surface area contributed by atoms with Crippen molar-refractivity contribution in [2.24, 2.45) is 0 Å². The molecule has 0 saturated carbocycles. The van der Waals surface area contributed by atoms with Crippen LogP contribution < -0.4 is 5.32 Å². The second kappa shape index (κ2) is 7.95. The summed E-state index contributed by atoms with van der Waals surface area (Å²) in [5, 5.41) is 3.57. The average molecular weight is 320 g/mol. The minimum absolute atomic E-state index is 0.262. The number of rotatable bonds is 8. The fourth-order valence-electron chi connectivity index (χ4n) is 1.78. The zero-order chi connectivity index (χ0) is 15.2. The Kier molecular flexibility index (Phi) is 6.91. The van der Waals surface area contributed by atoms with Crippen molar-refractivity contribution < 1.29 is 8.42 Å². The molecule has 0 spiro atoms. The van der Waals surface area contributed by atoms with Gasteiger partial charge in [0.25, 0.3) is 10.2 Å². The molecule has 0 heterocycles. The Bertz CT molecular complexity index is 522. The summed E-state index contributed by atoms with van der Waals surface area (Å²) in [6.07, 6.45) is 0.770. The highest BCUT2D eigenvalue weighted by Gasteiger charge is 2.23. The molecule has 0 saturated heterocycles. The molecular weight excluding hydrogens is 298 g/mol. The molecule has 1 N–H and O–H groups in total. The third-order valence-corrected chi connectivity index (χ3v) is 5.29. The van der Waals surface area contributed by atoms with Crippen LogP contribution in [0.15, 0.2) is 24.3 Å². The summed E-state index contributed by atoms with van der Waals surface area (Å²) >= 11 is 6.06. The molecule has 0 aliphatic heterocycles. The highest BCUT2D eigenvalue weighted by molar-refractivity contribution is 7.86. The Balaban J connectivity index is 2.69. The number of nitrogens with one attached hydrogen (secondary N) is 1. The maximum atomic E-state index is 12.3. The van der Waals surface area contributed by atoms with Crippen LogP contribution in [0, 0.1) is 0 Å². The second-order valence-electron chi connectivity index (χ2n) is 4.63. The van der Waals surface area contributed by atoms with E-state index in [1.807, 2.05) is 25.2 Å². The third-order valence-electron chi connectivity index (χ3n) is 3.04. The Morgan fingerprint density at radius 1 is 1.20 bits per heavy atom. The third kappa shape index (κ3) is 4.71. The molecule has 7 heteroatoms. The molecule has 20 heavy (non-hydrogen) atoms. The molecule has 114 valence electrons. The lowest BCUT2D eigenvalue weighted by Gasteiger charge is -2.24. The maximum Gasteiger partial charge on any atom is 0.281 e. The zero-order valence-electron chi connectivity index (χ0n) is 12.1. The SMILES string of the molecule is CNCCCN(C)S(=O)(=O)N(C)Cc1ccccc1Cl. The first kappa shape index (κ1) is 17.4. The number of nitrogens with zero attached hydrogens (tertiary/aromatic N) is 2. The summed E-state index contributed by atoms with van der Waals surface area (Å²) in [6.45, 7) is 1.53. The van der Waals surface area contributed by atoms with Gasteiger partial charge in [0.2, 0.25) is 0 Å². The zero-order valence-corrected chi connectivity index (χ0v) is 13.7. The molecule has 0 unspecified atom stereocenters. The van der Waals surface area contributed by atoms with Gasteiger partial charge in [-0.3, -0.25) is 0 Å². The lowest BCUT2D eigenvalue weighted by molar-refractivity contribution is 0.385. The standard InChI is InChI=1S/C13H22ClN3O2S/c1-15-9-6-10-16(2)20(18,19)17(3)11-12-7-4-5-8-13(12)14/h4-5,7-8,15H,6,9-11H2,1-3H3. The van der Waals surface area contributed by atoms with E-state index >= 15 is 0 Å². The highest BCUT2D eigenvalue weighted by atomic mass is 35.5. The lowest BCUT2D eigenvalue weighted by atomic mass is 10.2. The normalized spacial score (nSPS) is 12.3. The van der Waals surface area contributed by atoms with E-state index in [0.29, 0.717) is 11.6 Å². The van der Waals surface area contributed by atoms with Crippen LogP contribution in [0.3, 0.4) is 0 Å². The molecule has 0 aromatic heterocycles. The Morgan fingerprint density at radius 3 is 2.45 bits per heavy atom. The number of hydrogen-bond donors (Lipinski definition) is 1. The average Bonchev–Trinajstić information content (AvgIpc) is 2.41. The van der Waals surface area contributed by atoms with Gasteiger partial charge in [-0.05, 0) is 31.6 Å². The van der Waals surface area contributed by atoms with E-state index in [2.05, 4.69) is 5.32 Å².